The molecule has 1 aromatic carbocycles. The molecule has 0 spiro atoms. The van der Waals surface area contributed by atoms with Gasteiger partial charge < -0.3 is 19.7 Å². The number of benzene rings is 1. The minimum atomic E-state index is -0.241. The lowest BCUT2D eigenvalue weighted by Gasteiger charge is -2.25. The lowest BCUT2D eigenvalue weighted by Crippen LogP contribution is -2.41. The van der Waals surface area contributed by atoms with Crippen LogP contribution < -0.4 is 10.1 Å². The number of hydrogen-bond donors (Lipinski definition) is 1. The van der Waals surface area contributed by atoms with Crippen LogP contribution in [0.2, 0.25) is 0 Å². The van der Waals surface area contributed by atoms with Gasteiger partial charge in [0, 0.05) is 32.2 Å². The van der Waals surface area contributed by atoms with E-state index in [2.05, 4.69) is 29.1 Å². The van der Waals surface area contributed by atoms with E-state index in [1.54, 1.807) is 6.07 Å². The molecule has 2 aliphatic heterocycles. The molecular weight excluding hydrogens is 472 g/mol. The molecule has 0 radical (unpaired) electrons. The fourth-order valence-corrected chi connectivity index (χ4v) is 4.40. The van der Waals surface area contributed by atoms with E-state index in [-0.39, 0.29) is 36.6 Å². The molecule has 7 heteroatoms. The van der Waals surface area contributed by atoms with Gasteiger partial charge >= 0.3 is 0 Å². The van der Waals surface area contributed by atoms with Crippen LogP contribution in [0.3, 0.4) is 0 Å². The molecule has 1 N–H and O–H groups in total. The number of aliphatic imine (C=N–C) groups is 1. The summed E-state index contributed by atoms with van der Waals surface area (Å²) in [6.45, 7) is 8.02. The van der Waals surface area contributed by atoms with Gasteiger partial charge in [-0.05, 0) is 42.4 Å². The first kappa shape index (κ1) is 23.2. The summed E-state index contributed by atoms with van der Waals surface area (Å²) < 4.78 is 24.7. The number of nitrogens with one attached hydrogen (secondary N) is 1. The van der Waals surface area contributed by atoms with Crippen LogP contribution in [-0.4, -0.2) is 44.3 Å². The van der Waals surface area contributed by atoms with Crippen molar-refractivity contribution < 1.29 is 13.9 Å². The number of likely N-dealkylation sites (tertiary alicyclic amines) is 1. The van der Waals surface area contributed by atoms with Gasteiger partial charge in [0.15, 0.2) is 12.8 Å². The summed E-state index contributed by atoms with van der Waals surface area (Å²) in [5, 5.41) is 3.45. The second kappa shape index (κ2) is 11.2. The molecule has 2 heterocycles. The molecule has 1 atom stereocenters. The summed E-state index contributed by atoms with van der Waals surface area (Å²) in [6, 6.07) is 3.06. The Morgan fingerprint density at radius 2 is 2.14 bits per heavy atom. The number of nitrogens with zero attached hydrogens (tertiary/aromatic N) is 2. The van der Waals surface area contributed by atoms with Gasteiger partial charge in [-0.15, -0.1) is 24.0 Å². The van der Waals surface area contributed by atoms with Gasteiger partial charge in [0.25, 0.3) is 0 Å². The van der Waals surface area contributed by atoms with Crippen LogP contribution in [0.25, 0.3) is 0 Å². The van der Waals surface area contributed by atoms with Crippen molar-refractivity contribution in [1.82, 2.24) is 10.2 Å². The molecule has 3 rings (SSSR count). The van der Waals surface area contributed by atoms with Crippen molar-refractivity contribution in [2.45, 2.75) is 46.1 Å². The number of hydrogen-bond acceptors (Lipinski definition) is 3. The highest BCUT2D eigenvalue weighted by Crippen LogP contribution is 2.30. The van der Waals surface area contributed by atoms with Crippen LogP contribution in [0.1, 0.15) is 44.2 Å². The Bertz CT molecular complexity index is 667. The average molecular weight is 505 g/mol. The van der Waals surface area contributed by atoms with Crippen molar-refractivity contribution in [3.63, 3.8) is 0 Å². The molecule has 0 aromatic heterocycles. The molecule has 28 heavy (non-hydrogen) atoms. The van der Waals surface area contributed by atoms with Gasteiger partial charge in [0.05, 0.1) is 6.61 Å². The van der Waals surface area contributed by atoms with E-state index in [9.17, 15) is 4.39 Å². The molecule has 0 amide bonds. The Morgan fingerprint density at radius 1 is 1.36 bits per heavy atom. The Morgan fingerprint density at radius 3 is 2.86 bits per heavy atom. The lowest BCUT2D eigenvalue weighted by atomic mass is 9.87. The Hall–Kier alpha value is -1.09. The van der Waals surface area contributed by atoms with Crippen LogP contribution in [-0.2, 0) is 17.8 Å². The van der Waals surface area contributed by atoms with Crippen LogP contribution in [0.4, 0.5) is 4.39 Å². The molecule has 1 fully saturated rings. The van der Waals surface area contributed by atoms with Crippen molar-refractivity contribution in [3.05, 3.63) is 29.1 Å². The van der Waals surface area contributed by atoms with E-state index in [0.29, 0.717) is 19.6 Å². The Balaban J connectivity index is 0.00000280. The van der Waals surface area contributed by atoms with Gasteiger partial charge in [-0.2, -0.15) is 0 Å². The van der Waals surface area contributed by atoms with E-state index in [0.717, 1.165) is 47.8 Å². The highest BCUT2D eigenvalue weighted by Gasteiger charge is 2.29. The molecule has 0 saturated carbocycles. The van der Waals surface area contributed by atoms with Crippen LogP contribution in [0, 0.1) is 17.7 Å². The monoisotopic (exact) mass is 505 g/mol. The minimum absolute atomic E-state index is 0. The van der Waals surface area contributed by atoms with Crippen molar-refractivity contribution >= 4 is 29.9 Å². The van der Waals surface area contributed by atoms with Gasteiger partial charge in [-0.25, -0.2) is 4.39 Å². The van der Waals surface area contributed by atoms with Gasteiger partial charge in [0.2, 0.25) is 0 Å². The summed E-state index contributed by atoms with van der Waals surface area (Å²) in [5.74, 6) is 3.02. The largest absolute Gasteiger partial charge is 0.467 e. The minimum Gasteiger partial charge on any atom is -0.467 e. The number of fused-ring (bicyclic) bond motifs is 1. The third-order valence-corrected chi connectivity index (χ3v) is 5.88. The van der Waals surface area contributed by atoms with E-state index >= 15 is 0 Å². The van der Waals surface area contributed by atoms with Gasteiger partial charge in [-0.3, -0.25) is 4.99 Å². The van der Waals surface area contributed by atoms with Gasteiger partial charge in [-0.1, -0.05) is 26.7 Å². The molecule has 1 aromatic rings. The zero-order valence-corrected chi connectivity index (χ0v) is 19.5. The molecule has 158 valence electrons. The molecule has 1 saturated heterocycles. The fourth-order valence-electron chi connectivity index (χ4n) is 4.40. The molecule has 2 aliphatic rings. The third-order valence-electron chi connectivity index (χ3n) is 5.88. The number of rotatable bonds is 6. The number of halogens is 2. The second-order valence-corrected chi connectivity index (χ2v) is 7.46. The zero-order valence-electron chi connectivity index (χ0n) is 17.2. The lowest BCUT2D eigenvalue weighted by molar-refractivity contribution is -0.0172. The van der Waals surface area contributed by atoms with Crippen LogP contribution in [0.5, 0.6) is 5.75 Å². The SMILES string of the molecule is CCC(CC)C1CCN(C(=NC)NCCc2cc(F)cc3c2OCOC3)C1.I. The Kier molecular flexibility index (Phi) is 9.27. The number of ether oxygens (including phenoxy) is 2. The average Bonchev–Trinajstić information content (AvgIpc) is 3.15. The van der Waals surface area contributed by atoms with Gasteiger partial charge in [0.1, 0.15) is 11.6 Å². The first-order chi connectivity index (χ1) is 13.2. The maximum Gasteiger partial charge on any atom is 0.193 e. The predicted molar refractivity (Wildman–Crippen MR) is 121 cm³/mol. The summed E-state index contributed by atoms with van der Waals surface area (Å²) in [6.07, 6.45) is 4.41. The van der Waals surface area contributed by atoms with E-state index in [4.69, 9.17) is 9.47 Å². The normalized spacial score (nSPS) is 19.2. The summed E-state index contributed by atoms with van der Waals surface area (Å²) in [4.78, 5) is 6.81. The smallest absolute Gasteiger partial charge is 0.193 e. The number of guanidine groups is 1. The molecule has 1 unspecified atom stereocenters. The van der Waals surface area contributed by atoms with Crippen molar-refractivity contribution in [1.29, 1.82) is 0 Å². The molecular formula is C21H33FIN3O2. The summed E-state index contributed by atoms with van der Waals surface area (Å²) >= 11 is 0. The van der Waals surface area contributed by atoms with Crippen LogP contribution >= 0.6 is 24.0 Å². The second-order valence-electron chi connectivity index (χ2n) is 7.46. The van der Waals surface area contributed by atoms with E-state index in [1.807, 2.05) is 7.05 Å². The maximum atomic E-state index is 13.9. The van der Waals surface area contributed by atoms with Crippen LogP contribution in [0.15, 0.2) is 17.1 Å². The quantitative estimate of drug-likeness (QED) is 0.358. The van der Waals surface area contributed by atoms with E-state index < -0.39 is 0 Å². The van der Waals surface area contributed by atoms with Crippen molar-refractivity contribution in [2.75, 3.05) is 33.5 Å². The summed E-state index contributed by atoms with van der Waals surface area (Å²) in [7, 11) is 1.83. The standard InChI is InChI=1S/C21H32FN3O2.HI/c1-4-15(5-2)17-7-9-25(12-17)21(23-3)24-8-6-16-10-19(22)11-18-13-26-14-27-20(16)18;/h10-11,15,17H,4-9,12-14H2,1-3H3,(H,23,24);1H. The molecule has 0 bridgehead atoms. The summed E-state index contributed by atoms with van der Waals surface area (Å²) in [5.41, 5.74) is 1.67. The van der Waals surface area contributed by atoms with E-state index in [1.165, 1.54) is 25.3 Å². The predicted octanol–water partition coefficient (Wildman–Crippen LogP) is 4.19. The molecule has 5 nitrogen and oxygen atoms in total. The topological polar surface area (TPSA) is 46.1 Å². The van der Waals surface area contributed by atoms with Crippen molar-refractivity contribution in [2.24, 2.45) is 16.8 Å². The highest BCUT2D eigenvalue weighted by atomic mass is 127. The Labute approximate surface area is 185 Å². The van der Waals surface area contributed by atoms with Crippen molar-refractivity contribution in [3.8, 4) is 5.75 Å². The fraction of sp³-hybridized carbons (Fsp3) is 0.667. The first-order valence-corrected chi connectivity index (χ1v) is 10.1. The maximum absolute atomic E-state index is 13.9. The highest BCUT2D eigenvalue weighted by molar-refractivity contribution is 14.0. The zero-order chi connectivity index (χ0) is 19.2. The molecule has 0 aliphatic carbocycles. The third kappa shape index (κ3) is 5.49. The first-order valence-electron chi connectivity index (χ1n) is 10.1.